The summed E-state index contributed by atoms with van der Waals surface area (Å²) in [6.07, 6.45) is -1.33. The maximum atomic E-state index is 11.8. The van der Waals surface area contributed by atoms with Gasteiger partial charge in [-0.1, -0.05) is 0 Å². The highest BCUT2D eigenvalue weighted by Crippen LogP contribution is 1.95. The average molecular weight is 320 g/mol. The summed E-state index contributed by atoms with van der Waals surface area (Å²) in [5, 5.41) is 33.2. The normalized spacial score (nSPS) is 14.4. The van der Waals surface area contributed by atoms with E-state index < -0.39 is 61.6 Å². The molecule has 22 heavy (non-hydrogen) atoms. The summed E-state index contributed by atoms with van der Waals surface area (Å²) in [6, 6.07) is -2.81. The molecule has 0 saturated carbocycles. The minimum Gasteiger partial charge on any atom is -0.480 e. The summed E-state index contributed by atoms with van der Waals surface area (Å²) in [5.41, 5.74) is 5.06. The Kier molecular flexibility index (Phi) is 8.67. The van der Waals surface area contributed by atoms with Gasteiger partial charge in [-0.3, -0.25) is 19.2 Å². The largest absolute Gasteiger partial charge is 0.480 e. The van der Waals surface area contributed by atoms with Crippen molar-refractivity contribution in [2.45, 2.75) is 25.1 Å². The van der Waals surface area contributed by atoms with Crippen molar-refractivity contribution in [1.82, 2.24) is 16.0 Å². The van der Waals surface area contributed by atoms with Crippen molar-refractivity contribution in [1.29, 1.82) is 0 Å². The highest BCUT2D eigenvalue weighted by atomic mass is 16.4. The van der Waals surface area contributed by atoms with Crippen molar-refractivity contribution < 1.29 is 34.5 Å². The summed E-state index contributed by atoms with van der Waals surface area (Å²) in [7, 11) is 0. The molecule has 0 aromatic carbocycles. The maximum absolute atomic E-state index is 11.8. The van der Waals surface area contributed by atoms with Crippen LogP contribution in [0.15, 0.2) is 0 Å². The molecule has 0 rings (SSSR count). The Morgan fingerprint density at radius 1 is 1.14 bits per heavy atom. The van der Waals surface area contributed by atoms with E-state index in [2.05, 4.69) is 10.6 Å². The number of carboxylic acids is 1. The van der Waals surface area contributed by atoms with Crippen molar-refractivity contribution in [3.8, 4) is 0 Å². The molecule has 0 heterocycles. The van der Waals surface area contributed by atoms with Gasteiger partial charge in [0.05, 0.1) is 19.3 Å². The van der Waals surface area contributed by atoms with E-state index in [1.165, 1.54) is 6.92 Å². The van der Waals surface area contributed by atoms with Gasteiger partial charge >= 0.3 is 5.97 Å². The maximum Gasteiger partial charge on any atom is 0.322 e. The third kappa shape index (κ3) is 6.97. The van der Waals surface area contributed by atoms with Gasteiger partial charge in [0.1, 0.15) is 18.6 Å². The molecule has 0 bridgehead atoms. The minimum atomic E-state index is -1.45. The van der Waals surface area contributed by atoms with Crippen LogP contribution >= 0.6 is 0 Å². The number of aliphatic hydroxyl groups is 2. The summed E-state index contributed by atoms with van der Waals surface area (Å²) in [4.78, 5) is 45.0. The van der Waals surface area contributed by atoms with Crippen molar-refractivity contribution in [3.05, 3.63) is 0 Å². The van der Waals surface area contributed by atoms with E-state index in [4.69, 9.17) is 15.9 Å². The van der Waals surface area contributed by atoms with Crippen LogP contribution in [0.25, 0.3) is 0 Å². The lowest BCUT2D eigenvalue weighted by Gasteiger charge is -2.23. The molecule has 0 radical (unpaired) electrons. The number of carbonyl (C=O) groups excluding carboxylic acids is 3. The summed E-state index contributed by atoms with van der Waals surface area (Å²) in [6.45, 7) is -0.632. The Labute approximate surface area is 125 Å². The zero-order chi connectivity index (χ0) is 17.3. The van der Waals surface area contributed by atoms with Gasteiger partial charge in [0, 0.05) is 0 Å². The first-order chi connectivity index (χ1) is 10.2. The van der Waals surface area contributed by atoms with Crippen LogP contribution in [0.3, 0.4) is 0 Å². The van der Waals surface area contributed by atoms with Gasteiger partial charge in [0.25, 0.3) is 0 Å². The van der Waals surface area contributed by atoms with Gasteiger partial charge in [-0.2, -0.15) is 0 Å². The molecule has 3 unspecified atom stereocenters. The fourth-order valence-electron chi connectivity index (χ4n) is 1.38. The molecular formula is C11H20N4O7. The van der Waals surface area contributed by atoms with E-state index in [0.717, 1.165) is 0 Å². The Morgan fingerprint density at radius 2 is 1.73 bits per heavy atom. The van der Waals surface area contributed by atoms with Crippen LogP contribution in [-0.2, 0) is 19.2 Å². The lowest BCUT2D eigenvalue weighted by Crippen LogP contribution is -2.58. The lowest BCUT2D eigenvalue weighted by atomic mass is 10.1. The molecule has 0 spiro atoms. The summed E-state index contributed by atoms with van der Waals surface area (Å²) >= 11 is 0. The first kappa shape index (κ1) is 19.8. The van der Waals surface area contributed by atoms with Crippen LogP contribution < -0.4 is 21.7 Å². The Hall–Kier alpha value is -2.24. The Morgan fingerprint density at radius 3 is 2.14 bits per heavy atom. The number of carbonyl (C=O) groups is 4. The van der Waals surface area contributed by atoms with Crippen LogP contribution in [0.1, 0.15) is 6.92 Å². The molecule has 0 aliphatic heterocycles. The highest BCUT2D eigenvalue weighted by molar-refractivity contribution is 5.93. The molecule has 0 aliphatic carbocycles. The number of hydrogen-bond acceptors (Lipinski definition) is 7. The third-order valence-corrected chi connectivity index (χ3v) is 2.50. The first-order valence-electron chi connectivity index (χ1n) is 6.31. The fraction of sp³-hybridized carbons (Fsp3) is 0.636. The molecule has 8 N–H and O–H groups in total. The monoisotopic (exact) mass is 320 g/mol. The summed E-state index contributed by atoms with van der Waals surface area (Å²) in [5.74, 6) is -3.85. The second-order valence-electron chi connectivity index (χ2n) is 4.35. The zero-order valence-corrected chi connectivity index (χ0v) is 11.9. The van der Waals surface area contributed by atoms with E-state index >= 15 is 0 Å². The van der Waals surface area contributed by atoms with Crippen molar-refractivity contribution >= 4 is 23.7 Å². The fourth-order valence-corrected chi connectivity index (χ4v) is 1.38. The molecule has 0 aliphatic rings. The number of nitrogens with two attached hydrogens (primary N) is 1. The number of nitrogens with one attached hydrogen (secondary N) is 3. The number of hydrogen-bond donors (Lipinski definition) is 7. The van der Waals surface area contributed by atoms with Crippen LogP contribution in [0.2, 0.25) is 0 Å². The zero-order valence-electron chi connectivity index (χ0n) is 11.9. The number of aliphatic hydroxyl groups excluding tert-OH is 2. The minimum absolute atomic E-state index is 0.400. The van der Waals surface area contributed by atoms with Gasteiger partial charge in [0.15, 0.2) is 0 Å². The molecular weight excluding hydrogens is 300 g/mol. The molecule has 0 aromatic rings. The number of carboxylic acid groups (broad SMARTS) is 1. The van der Waals surface area contributed by atoms with E-state index in [0.29, 0.717) is 0 Å². The van der Waals surface area contributed by atoms with Gasteiger partial charge < -0.3 is 37.0 Å². The van der Waals surface area contributed by atoms with Crippen LogP contribution in [0.5, 0.6) is 0 Å². The van der Waals surface area contributed by atoms with E-state index in [-0.39, 0.29) is 0 Å². The summed E-state index contributed by atoms with van der Waals surface area (Å²) < 4.78 is 0. The molecule has 3 amide bonds. The molecule has 0 saturated heterocycles. The number of amides is 3. The van der Waals surface area contributed by atoms with Crippen LogP contribution in [-0.4, -0.2) is 76.9 Å². The van der Waals surface area contributed by atoms with Gasteiger partial charge in [-0.15, -0.1) is 0 Å². The van der Waals surface area contributed by atoms with Crippen molar-refractivity contribution in [2.75, 3.05) is 19.7 Å². The Balaban J connectivity index is 4.78. The van der Waals surface area contributed by atoms with Crippen molar-refractivity contribution in [2.24, 2.45) is 5.73 Å². The Bertz CT molecular complexity index is 427. The highest BCUT2D eigenvalue weighted by Gasteiger charge is 2.29. The van der Waals surface area contributed by atoms with E-state index in [1.54, 1.807) is 0 Å². The number of aliphatic carboxylic acids is 1. The van der Waals surface area contributed by atoms with E-state index in [9.17, 15) is 24.3 Å². The van der Waals surface area contributed by atoms with Gasteiger partial charge in [-0.05, 0) is 6.92 Å². The van der Waals surface area contributed by atoms with Gasteiger partial charge in [0.2, 0.25) is 17.7 Å². The quantitative estimate of drug-likeness (QED) is 0.221. The lowest BCUT2D eigenvalue weighted by molar-refractivity contribution is -0.139. The van der Waals surface area contributed by atoms with Crippen LogP contribution in [0.4, 0.5) is 0 Å². The smallest absolute Gasteiger partial charge is 0.322 e. The first-order valence-corrected chi connectivity index (χ1v) is 6.31. The van der Waals surface area contributed by atoms with Crippen LogP contribution in [0, 0.1) is 0 Å². The molecule has 0 fully saturated rings. The third-order valence-electron chi connectivity index (χ3n) is 2.50. The second-order valence-corrected chi connectivity index (χ2v) is 4.35. The predicted octanol–water partition coefficient (Wildman–Crippen LogP) is -4.51. The molecule has 0 aromatic heterocycles. The molecule has 11 nitrogen and oxygen atoms in total. The van der Waals surface area contributed by atoms with Gasteiger partial charge in [-0.25, -0.2) is 0 Å². The standard InChI is InChI=1S/C11H20N4O7/c1-5(17)9(11(22)13-3-8(19)20)15-10(21)6(4-16)14-7(18)2-12/h5-6,9,16-17H,2-4,12H2,1H3,(H,13,22)(H,14,18)(H,15,21)(H,19,20). The molecule has 126 valence electrons. The average Bonchev–Trinajstić information content (AvgIpc) is 2.46. The second kappa shape index (κ2) is 9.65. The van der Waals surface area contributed by atoms with E-state index in [1.807, 2.05) is 5.32 Å². The topological polar surface area (TPSA) is 191 Å². The predicted molar refractivity (Wildman–Crippen MR) is 72.3 cm³/mol. The molecule has 3 atom stereocenters. The van der Waals surface area contributed by atoms with Crippen molar-refractivity contribution in [3.63, 3.8) is 0 Å². The molecule has 11 heteroatoms. The SMILES string of the molecule is CC(O)C(NC(=O)C(CO)NC(=O)CN)C(=O)NCC(=O)O. The number of rotatable bonds is 9.